The van der Waals surface area contributed by atoms with Gasteiger partial charge in [-0.25, -0.2) is 0 Å². The first kappa shape index (κ1) is 29.1. The van der Waals surface area contributed by atoms with Gasteiger partial charge < -0.3 is 0 Å². The van der Waals surface area contributed by atoms with Crippen LogP contribution in [0.1, 0.15) is 47.9 Å². The van der Waals surface area contributed by atoms with Crippen molar-refractivity contribution < 1.29 is 26.2 Å². The van der Waals surface area contributed by atoms with Gasteiger partial charge in [-0.05, 0) is 92.0 Å². The summed E-state index contributed by atoms with van der Waals surface area (Å²) >= 11 is 0. The van der Waals surface area contributed by atoms with E-state index in [2.05, 4.69) is 147 Å². The van der Waals surface area contributed by atoms with Gasteiger partial charge in [-0.15, -0.1) is 0 Å². The number of rotatable bonds is 6. The van der Waals surface area contributed by atoms with Crippen LogP contribution in [0.25, 0.3) is 56.0 Å². The van der Waals surface area contributed by atoms with E-state index >= 15 is 0 Å². The molecule has 0 bridgehead atoms. The molecule has 2 atom stereocenters. The fourth-order valence-corrected chi connectivity index (χ4v) is 9.20. The molecule has 0 saturated carbocycles. The zero-order valence-corrected chi connectivity index (χ0v) is 28.7. The van der Waals surface area contributed by atoms with Crippen LogP contribution in [-0.2, 0) is 26.2 Å². The van der Waals surface area contributed by atoms with Crippen molar-refractivity contribution in [1.82, 2.24) is 0 Å². The Morgan fingerprint density at radius 2 is 0.909 bits per heavy atom. The second kappa shape index (κ2) is 12.1. The van der Waals surface area contributed by atoms with Gasteiger partial charge >= 0.3 is 0 Å². The minimum Gasteiger partial charge on any atom is -0.0655 e. The fourth-order valence-electron chi connectivity index (χ4n) is 7.37. The summed E-state index contributed by atoms with van der Waals surface area (Å²) in [5.41, 5.74) is 14.2. The Balaban J connectivity index is 0.00000312. The van der Waals surface area contributed by atoms with Crippen LogP contribution in [0.15, 0.2) is 132 Å². The zero-order chi connectivity index (χ0) is 28.9. The van der Waals surface area contributed by atoms with Gasteiger partial charge in [0.1, 0.15) is 0 Å². The molecule has 0 heterocycles. The quantitative estimate of drug-likeness (QED) is 0.156. The van der Waals surface area contributed by atoms with Crippen LogP contribution >= 0.6 is 0 Å². The molecule has 2 aliphatic rings. The maximum atomic E-state index is 2.46. The molecule has 0 saturated heterocycles. The van der Waals surface area contributed by atoms with Crippen LogP contribution in [0.3, 0.4) is 0 Å². The Labute approximate surface area is 282 Å². The summed E-state index contributed by atoms with van der Waals surface area (Å²) in [5, 5.41) is 5.20. The number of hydrogen-bond acceptors (Lipinski definition) is 0. The summed E-state index contributed by atoms with van der Waals surface area (Å²) in [7, 11) is 0.915. The summed E-state index contributed by atoms with van der Waals surface area (Å²) in [5.74, 6) is 1.03. The Bertz CT molecular complexity index is 1950. The van der Waals surface area contributed by atoms with Crippen molar-refractivity contribution >= 4 is 43.2 Å². The monoisotopic (exact) mass is 656 g/mol. The van der Waals surface area contributed by atoms with E-state index in [0.717, 1.165) is 9.52 Å². The van der Waals surface area contributed by atoms with Crippen molar-refractivity contribution in [2.75, 3.05) is 0 Å². The normalized spacial score (nSPS) is 16.8. The predicted octanol–water partition coefficient (Wildman–Crippen LogP) is 11.6. The van der Waals surface area contributed by atoms with Gasteiger partial charge in [0, 0.05) is 47.6 Å². The third kappa shape index (κ3) is 5.13. The molecule has 0 amide bonds. The van der Waals surface area contributed by atoms with Crippen molar-refractivity contribution in [1.29, 1.82) is 0 Å². The molecule has 6 aromatic rings. The van der Waals surface area contributed by atoms with Crippen LogP contribution in [0.2, 0.25) is 12.1 Å². The zero-order valence-electron chi connectivity index (χ0n) is 25.3. The van der Waals surface area contributed by atoms with Crippen molar-refractivity contribution in [2.45, 2.75) is 37.8 Å². The molecule has 210 valence electrons. The molecule has 0 nitrogen and oxygen atoms in total. The molecular weight excluding hydrogens is 624 g/mol. The average Bonchev–Trinajstić information content (AvgIpc) is 3.55. The minimum atomic E-state index is 0. The molecule has 0 spiro atoms. The first-order valence-corrected chi connectivity index (χ1v) is 16.9. The molecule has 2 unspecified atom stereocenters. The van der Waals surface area contributed by atoms with Gasteiger partial charge in [-0.2, -0.15) is 0 Å². The number of fused-ring (bicyclic) bond motifs is 4. The summed E-state index contributed by atoms with van der Waals surface area (Å²) in [4.78, 5) is 0. The van der Waals surface area contributed by atoms with Gasteiger partial charge in [0.25, 0.3) is 0 Å². The van der Waals surface area contributed by atoms with Gasteiger partial charge in [0.05, 0.1) is 0 Å². The molecule has 2 heteroatoms. The Morgan fingerprint density at radius 1 is 0.477 bits per heavy atom. The Kier molecular flexibility index (Phi) is 8.00. The maximum absolute atomic E-state index is 2.46. The first-order chi connectivity index (χ1) is 21.1. The molecule has 0 aliphatic heterocycles. The number of benzene rings is 6. The smallest absolute Gasteiger partial charge is 0.0397 e. The Morgan fingerprint density at radius 3 is 1.36 bits per heavy atom. The standard InChI is InChI=1S/C42H34Si.Zr/c1-27-21-39-35(33-19-17-29-9-3-5-11-31(29)23-33)13-7-15-37(39)41(27)25-43-26-42-28(2)22-40-36(14-8-16-38(40)42)34-20-18-30-10-4-6-12-32(30)24-34;/h3-24,41-42H,25-26H2,1-2H3;. The van der Waals surface area contributed by atoms with Gasteiger partial charge in [-0.3, -0.25) is 0 Å². The average molecular weight is 658 g/mol. The van der Waals surface area contributed by atoms with E-state index in [1.165, 1.54) is 89.3 Å². The SMILES string of the molecule is CC1=Cc2c(-c3ccc4ccccc4c3)cccc2C1C[Si]CC1C(C)=Cc2c(-c3ccc4ccccc4c3)cccc21.[Zr]. The molecular formula is C42H34SiZr. The number of hydrogen-bond donors (Lipinski definition) is 0. The second-order valence-corrected chi connectivity index (χ2v) is 13.6. The largest absolute Gasteiger partial charge is 0.0655 e. The molecule has 0 fully saturated rings. The predicted molar refractivity (Wildman–Crippen MR) is 187 cm³/mol. The van der Waals surface area contributed by atoms with Crippen LogP contribution in [0.4, 0.5) is 0 Å². The third-order valence-corrected chi connectivity index (χ3v) is 11.1. The first-order valence-electron chi connectivity index (χ1n) is 15.5. The van der Waals surface area contributed by atoms with E-state index in [1.54, 1.807) is 0 Å². The second-order valence-electron chi connectivity index (χ2n) is 12.3. The van der Waals surface area contributed by atoms with Gasteiger partial charge in [-0.1, -0.05) is 145 Å². The van der Waals surface area contributed by atoms with Crippen molar-refractivity contribution in [3.05, 3.63) is 155 Å². The van der Waals surface area contributed by atoms with Crippen molar-refractivity contribution in [3.8, 4) is 22.3 Å². The van der Waals surface area contributed by atoms with E-state index in [1.807, 2.05) is 0 Å². The molecule has 44 heavy (non-hydrogen) atoms. The van der Waals surface area contributed by atoms with Gasteiger partial charge in [0.15, 0.2) is 0 Å². The van der Waals surface area contributed by atoms with Crippen LogP contribution < -0.4 is 0 Å². The third-order valence-electron chi connectivity index (χ3n) is 9.69. The maximum Gasteiger partial charge on any atom is 0.0397 e. The van der Waals surface area contributed by atoms with Crippen LogP contribution in [0.5, 0.6) is 0 Å². The fraction of sp³-hybridized carbons (Fsp3) is 0.143. The minimum absolute atomic E-state index is 0. The molecule has 2 radical (unpaired) electrons. The van der Waals surface area contributed by atoms with E-state index in [-0.39, 0.29) is 26.2 Å². The van der Waals surface area contributed by atoms with Crippen molar-refractivity contribution in [3.63, 3.8) is 0 Å². The van der Waals surface area contributed by atoms with E-state index in [4.69, 9.17) is 0 Å². The molecule has 0 aromatic heterocycles. The molecule has 8 rings (SSSR count). The summed E-state index contributed by atoms with van der Waals surface area (Å²) in [6.45, 7) is 4.68. The number of allylic oxidation sites excluding steroid dienone is 2. The molecule has 2 aliphatic carbocycles. The van der Waals surface area contributed by atoms with Gasteiger partial charge in [0.2, 0.25) is 0 Å². The van der Waals surface area contributed by atoms with E-state index in [0.29, 0.717) is 11.8 Å². The topological polar surface area (TPSA) is 0 Å². The van der Waals surface area contributed by atoms with Crippen LogP contribution in [-0.4, -0.2) is 9.52 Å². The molecule has 6 aromatic carbocycles. The molecule has 0 N–H and O–H groups in total. The van der Waals surface area contributed by atoms with Crippen LogP contribution in [0, 0.1) is 0 Å². The van der Waals surface area contributed by atoms with E-state index in [9.17, 15) is 0 Å². The Hall–Kier alpha value is -3.58. The van der Waals surface area contributed by atoms with Crippen molar-refractivity contribution in [2.24, 2.45) is 0 Å². The summed E-state index contributed by atoms with van der Waals surface area (Å²) in [6.07, 6.45) is 4.92. The summed E-state index contributed by atoms with van der Waals surface area (Å²) < 4.78 is 0. The van der Waals surface area contributed by atoms with E-state index < -0.39 is 0 Å². The summed E-state index contributed by atoms with van der Waals surface area (Å²) in [6, 6.07) is 47.4.